The summed E-state index contributed by atoms with van der Waals surface area (Å²) in [5.41, 5.74) is 0.806. The van der Waals surface area contributed by atoms with Crippen molar-refractivity contribution in [3.63, 3.8) is 0 Å². The van der Waals surface area contributed by atoms with Gasteiger partial charge in [-0.2, -0.15) is 0 Å². The minimum Gasteiger partial charge on any atom is -0.492 e. The molecule has 0 heterocycles. The van der Waals surface area contributed by atoms with E-state index in [4.69, 9.17) is 22.8 Å². The molecule has 2 heteroatoms. The highest BCUT2D eigenvalue weighted by molar-refractivity contribution is 6.32. The molecule has 0 radical (unpaired) electrons. The standard InChI is InChI=1S/C12H11ClO/c1-2-9-5-6-11(13)12(7-9)14-8-10-3-4-10/h1,5-7,10H,3-4,8H2. The van der Waals surface area contributed by atoms with Gasteiger partial charge in [0.2, 0.25) is 0 Å². The highest BCUT2D eigenvalue weighted by atomic mass is 35.5. The fourth-order valence-electron chi connectivity index (χ4n) is 1.20. The Hall–Kier alpha value is -1.13. The van der Waals surface area contributed by atoms with E-state index in [9.17, 15) is 0 Å². The summed E-state index contributed by atoms with van der Waals surface area (Å²) in [6, 6.07) is 5.40. The van der Waals surface area contributed by atoms with Crippen LogP contribution in [0.4, 0.5) is 0 Å². The molecular formula is C12H11ClO. The van der Waals surface area contributed by atoms with E-state index < -0.39 is 0 Å². The Morgan fingerprint density at radius 3 is 2.93 bits per heavy atom. The van der Waals surface area contributed by atoms with Crippen LogP contribution in [0.25, 0.3) is 0 Å². The summed E-state index contributed by atoms with van der Waals surface area (Å²) in [5.74, 6) is 3.98. The number of rotatable bonds is 3. The van der Waals surface area contributed by atoms with Crippen LogP contribution in [0.2, 0.25) is 5.02 Å². The van der Waals surface area contributed by atoms with Crippen LogP contribution in [0.15, 0.2) is 18.2 Å². The summed E-state index contributed by atoms with van der Waals surface area (Å²) in [5, 5.41) is 0.629. The Morgan fingerprint density at radius 2 is 2.29 bits per heavy atom. The third kappa shape index (κ3) is 2.21. The van der Waals surface area contributed by atoms with Gasteiger partial charge in [-0.3, -0.25) is 0 Å². The average Bonchev–Trinajstić information content (AvgIpc) is 3.00. The Balaban J connectivity index is 2.09. The Labute approximate surface area is 89.0 Å². The molecule has 0 bridgehead atoms. The lowest BCUT2D eigenvalue weighted by molar-refractivity contribution is 0.300. The van der Waals surface area contributed by atoms with Crippen LogP contribution in [-0.4, -0.2) is 6.61 Å². The molecule has 0 amide bonds. The fraction of sp³-hybridized carbons (Fsp3) is 0.333. The van der Waals surface area contributed by atoms with Crippen molar-refractivity contribution in [2.45, 2.75) is 12.8 Å². The second-order valence-corrected chi connectivity index (χ2v) is 3.95. The molecule has 1 aromatic carbocycles. The van der Waals surface area contributed by atoms with Gasteiger partial charge in [0.15, 0.2) is 0 Å². The molecule has 1 fully saturated rings. The molecule has 2 rings (SSSR count). The topological polar surface area (TPSA) is 9.23 Å². The van der Waals surface area contributed by atoms with E-state index in [-0.39, 0.29) is 0 Å². The van der Waals surface area contributed by atoms with Gasteiger partial charge >= 0.3 is 0 Å². The van der Waals surface area contributed by atoms with E-state index in [2.05, 4.69) is 5.92 Å². The molecular weight excluding hydrogens is 196 g/mol. The molecule has 1 aliphatic carbocycles. The van der Waals surface area contributed by atoms with Gasteiger partial charge in [0.05, 0.1) is 11.6 Å². The number of ether oxygens (including phenoxy) is 1. The monoisotopic (exact) mass is 206 g/mol. The summed E-state index contributed by atoms with van der Waals surface area (Å²) in [7, 11) is 0. The van der Waals surface area contributed by atoms with Crippen molar-refractivity contribution in [3.8, 4) is 18.1 Å². The second-order valence-electron chi connectivity index (χ2n) is 3.54. The zero-order valence-electron chi connectivity index (χ0n) is 7.79. The van der Waals surface area contributed by atoms with Crippen molar-refractivity contribution in [1.29, 1.82) is 0 Å². The van der Waals surface area contributed by atoms with Crippen molar-refractivity contribution in [3.05, 3.63) is 28.8 Å². The largest absolute Gasteiger partial charge is 0.492 e. The lowest BCUT2D eigenvalue weighted by Gasteiger charge is -2.07. The summed E-state index contributed by atoms with van der Waals surface area (Å²) in [6.45, 7) is 0.758. The number of benzene rings is 1. The lowest BCUT2D eigenvalue weighted by Crippen LogP contribution is -1.99. The van der Waals surface area contributed by atoms with Crippen LogP contribution in [-0.2, 0) is 0 Å². The van der Waals surface area contributed by atoms with E-state index >= 15 is 0 Å². The number of terminal acetylenes is 1. The van der Waals surface area contributed by atoms with Crippen molar-refractivity contribution < 1.29 is 4.74 Å². The molecule has 1 aromatic rings. The zero-order valence-corrected chi connectivity index (χ0v) is 8.55. The maximum absolute atomic E-state index is 5.96. The number of halogens is 1. The molecule has 1 aliphatic rings. The van der Waals surface area contributed by atoms with Gasteiger partial charge in [0.1, 0.15) is 5.75 Å². The third-order valence-corrected chi connectivity index (χ3v) is 2.58. The Bertz CT molecular complexity index is 374. The fourth-order valence-corrected chi connectivity index (χ4v) is 1.37. The molecule has 0 aromatic heterocycles. The summed E-state index contributed by atoms with van der Waals surface area (Å²) >= 11 is 5.96. The molecule has 0 N–H and O–H groups in total. The molecule has 0 spiro atoms. The molecule has 72 valence electrons. The molecule has 14 heavy (non-hydrogen) atoms. The maximum atomic E-state index is 5.96. The van der Waals surface area contributed by atoms with Gasteiger partial charge in [-0.1, -0.05) is 17.5 Å². The van der Waals surface area contributed by atoms with E-state index in [0.29, 0.717) is 10.8 Å². The SMILES string of the molecule is C#Cc1ccc(Cl)c(OCC2CC2)c1. The van der Waals surface area contributed by atoms with Crippen molar-refractivity contribution in [2.24, 2.45) is 5.92 Å². The Morgan fingerprint density at radius 1 is 1.50 bits per heavy atom. The normalized spacial score (nSPS) is 14.9. The van der Waals surface area contributed by atoms with Crippen LogP contribution in [0, 0.1) is 18.3 Å². The lowest BCUT2D eigenvalue weighted by atomic mass is 10.2. The van der Waals surface area contributed by atoms with E-state index in [1.807, 2.05) is 12.1 Å². The minimum absolute atomic E-state index is 0.629. The van der Waals surface area contributed by atoms with Gasteiger partial charge < -0.3 is 4.74 Å². The molecule has 0 aliphatic heterocycles. The van der Waals surface area contributed by atoms with Gasteiger partial charge in [0, 0.05) is 5.56 Å². The van der Waals surface area contributed by atoms with E-state index in [0.717, 1.165) is 18.1 Å². The number of hydrogen-bond acceptors (Lipinski definition) is 1. The molecule has 0 saturated heterocycles. The van der Waals surface area contributed by atoms with Gasteiger partial charge in [0.25, 0.3) is 0 Å². The van der Waals surface area contributed by atoms with Crippen LogP contribution in [0.5, 0.6) is 5.75 Å². The van der Waals surface area contributed by atoms with Crippen LogP contribution in [0.3, 0.4) is 0 Å². The molecule has 1 saturated carbocycles. The van der Waals surface area contributed by atoms with Crippen LogP contribution in [0.1, 0.15) is 18.4 Å². The first kappa shape index (κ1) is 9.43. The summed E-state index contributed by atoms with van der Waals surface area (Å²) < 4.78 is 5.58. The highest BCUT2D eigenvalue weighted by Gasteiger charge is 2.22. The predicted molar refractivity (Wildman–Crippen MR) is 57.6 cm³/mol. The maximum Gasteiger partial charge on any atom is 0.139 e. The molecule has 0 atom stereocenters. The van der Waals surface area contributed by atoms with Gasteiger partial charge in [-0.25, -0.2) is 0 Å². The third-order valence-electron chi connectivity index (χ3n) is 2.27. The zero-order chi connectivity index (χ0) is 9.97. The first-order valence-corrected chi connectivity index (χ1v) is 5.06. The number of hydrogen-bond donors (Lipinski definition) is 0. The highest BCUT2D eigenvalue weighted by Crippen LogP contribution is 2.31. The van der Waals surface area contributed by atoms with E-state index in [1.165, 1.54) is 12.8 Å². The first-order chi connectivity index (χ1) is 6.79. The summed E-state index contributed by atoms with van der Waals surface area (Å²) in [4.78, 5) is 0. The Kier molecular flexibility index (Phi) is 2.65. The van der Waals surface area contributed by atoms with Crippen molar-refractivity contribution in [1.82, 2.24) is 0 Å². The van der Waals surface area contributed by atoms with Crippen molar-refractivity contribution >= 4 is 11.6 Å². The van der Waals surface area contributed by atoms with Crippen LogP contribution < -0.4 is 4.74 Å². The molecule has 0 unspecified atom stereocenters. The predicted octanol–water partition coefficient (Wildman–Crippen LogP) is 3.11. The quantitative estimate of drug-likeness (QED) is 0.691. The van der Waals surface area contributed by atoms with E-state index in [1.54, 1.807) is 6.07 Å². The first-order valence-electron chi connectivity index (χ1n) is 4.68. The van der Waals surface area contributed by atoms with Gasteiger partial charge in [-0.05, 0) is 37.0 Å². The smallest absolute Gasteiger partial charge is 0.139 e. The molecule has 1 nitrogen and oxygen atoms in total. The van der Waals surface area contributed by atoms with Crippen LogP contribution >= 0.6 is 11.6 Å². The summed E-state index contributed by atoms with van der Waals surface area (Å²) in [6.07, 6.45) is 7.83. The van der Waals surface area contributed by atoms with Gasteiger partial charge in [-0.15, -0.1) is 6.42 Å². The minimum atomic E-state index is 0.629. The average molecular weight is 207 g/mol. The van der Waals surface area contributed by atoms with Crippen molar-refractivity contribution in [2.75, 3.05) is 6.61 Å². The second kappa shape index (κ2) is 3.94.